The number of halogens is 1. The molecule has 15 heavy (non-hydrogen) atoms. The smallest absolute Gasteiger partial charge is 0.249 e. The summed E-state index contributed by atoms with van der Waals surface area (Å²) in [5, 5.41) is 0. The lowest BCUT2D eigenvalue weighted by Crippen LogP contribution is -2.16. The van der Waals surface area contributed by atoms with Gasteiger partial charge in [-0.05, 0) is 30.7 Å². The Labute approximate surface area is 86.3 Å². The molecule has 0 fully saturated rings. The molecular weight excluding hydrogens is 197 g/mol. The van der Waals surface area contributed by atoms with E-state index in [1.54, 1.807) is 6.08 Å². The number of ether oxygens (including phenoxy) is 1. The van der Waals surface area contributed by atoms with Gasteiger partial charge in [0.2, 0.25) is 5.91 Å². The summed E-state index contributed by atoms with van der Waals surface area (Å²) in [7, 11) is 0. The van der Waals surface area contributed by atoms with E-state index in [4.69, 9.17) is 10.5 Å². The van der Waals surface area contributed by atoms with Crippen molar-refractivity contribution < 1.29 is 13.9 Å². The number of rotatable bonds is 1. The van der Waals surface area contributed by atoms with Gasteiger partial charge in [-0.3, -0.25) is 4.79 Å². The van der Waals surface area contributed by atoms with E-state index in [2.05, 4.69) is 0 Å². The third-order valence-corrected chi connectivity index (χ3v) is 2.25. The minimum Gasteiger partial charge on any atom is -0.486 e. The van der Waals surface area contributed by atoms with E-state index in [9.17, 15) is 9.18 Å². The second-order valence-corrected chi connectivity index (χ2v) is 3.48. The predicted octanol–water partition coefficient (Wildman–Crippen LogP) is 1.72. The Balaban J connectivity index is 2.68. The van der Waals surface area contributed by atoms with E-state index in [0.717, 1.165) is 5.57 Å². The summed E-state index contributed by atoms with van der Waals surface area (Å²) in [4.78, 5) is 11.1. The first-order valence-corrected chi connectivity index (χ1v) is 4.52. The summed E-state index contributed by atoms with van der Waals surface area (Å²) in [6.07, 6.45) is 1.72. The summed E-state index contributed by atoms with van der Waals surface area (Å²) in [6.45, 7) is 2.19. The van der Waals surface area contributed by atoms with Crippen LogP contribution in [0.25, 0.3) is 6.08 Å². The molecule has 0 bridgehead atoms. The van der Waals surface area contributed by atoms with Gasteiger partial charge in [-0.25, -0.2) is 4.39 Å². The first kappa shape index (κ1) is 9.71. The number of carbonyl (C=O) groups is 1. The first-order chi connectivity index (χ1) is 7.09. The molecule has 3 nitrogen and oxygen atoms in total. The maximum absolute atomic E-state index is 13.3. The van der Waals surface area contributed by atoms with Crippen LogP contribution in [0.1, 0.15) is 22.8 Å². The fourth-order valence-corrected chi connectivity index (χ4v) is 1.55. The maximum Gasteiger partial charge on any atom is 0.249 e. The van der Waals surface area contributed by atoms with Gasteiger partial charge in [0.05, 0.1) is 5.56 Å². The van der Waals surface area contributed by atoms with Crippen LogP contribution in [0.5, 0.6) is 5.75 Å². The topological polar surface area (TPSA) is 52.3 Å². The fourth-order valence-electron chi connectivity index (χ4n) is 1.55. The Morgan fingerprint density at radius 1 is 1.53 bits per heavy atom. The number of benzene rings is 1. The van der Waals surface area contributed by atoms with Crippen molar-refractivity contribution >= 4 is 12.0 Å². The highest BCUT2D eigenvalue weighted by molar-refractivity contribution is 5.98. The number of amides is 1. The molecule has 2 rings (SSSR count). The van der Waals surface area contributed by atoms with Gasteiger partial charge in [0.25, 0.3) is 0 Å². The van der Waals surface area contributed by atoms with Crippen LogP contribution in [-0.4, -0.2) is 12.5 Å². The minimum absolute atomic E-state index is 0.108. The molecule has 0 spiro atoms. The van der Waals surface area contributed by atoms with Gasteiger partial charge in [-0.1, -0.05) is 0 Å². The molecule has 2 N–H and O–H groups in total. The number of hydrogen-bond donors (Lipinski definition) is 1. The van der Waals surface area contributed by atoms with Crippen LogP contribution in [-0.2, 0) is 0 Å². The summed E-state index contributed by atoms with van der Waals surface area (Å²) in [5.41, 5.74) is 6.83. The average Bonchev–Trinajstić information content (AvgIpc) is 2.17. The number of hydrogen-bond acceptors (Lipinski definition) is 2. The molecule has 4 heteroatoms. The third kappa shape index (κ3) is 1.58. The van der Waals surface area contributed by atoms with Crippen molar-refractivity contribution in [3.8, 4) is 5.75 Å². The highest BCUT2D eigenvalue weighted by Crippen LogP contribution is 2.31. The summed E-state index contributed by atoms with van der Waals surface area (Å²) in [6, 6.07) is 2.56. The lowest BCUT2D eigenvalue weighted by molar-refractivity contribution is 0.0999. The van der Waals surface area contributed by atoms with Crippen molar-refractivity contribution in [2.45, 2.75) is 6.92 Å². The van der Waals surface area contributed by atoms with E-state index in [1.165, 1.54) is 12.1 Å². The number of carbonyl (C=O) groups excluding carboxylic acids is 1. The zero-order chi connectivity index (χ0) is 11.0. The zero-order valence-corrected chi connectivity index (χ0v) is 8.21. The SMILES string of the molecule is CC1=Cc2c(C(N)=O)ccc(F)c2OC1. The van der Waals surface area contributed by atoms with Gasteiger partial charge >= 0.3 is 0 Å². The Bertz CT molecular complexity index is 466. The first-order valence-electron chi connectivity index (χ1n) is 4.52. The largest absolute Gasteiger partial charge is 0.486 e. The van der Waals surface area contributed by atoms with Crippen LogP contribution < -0.4 is 10.5 Å². The molecule has 1 aliphatic rings. The van der Waals surface area contributed by atoms with Gasteiger partial charge in [0, 0.05) is 5.56 Å². The molecule has 1 aromatic rings. The number of nitrogens with two attached hydrogens (primary N) is 1. The molecule has 0 saturated heterocycles. The van der Waals surface area contributed by atoms with E-state index < -0.39 is 11.7 Å². The Hall–Kier alpha value is -1.84. The van der Waals surface area contributed by atoms with Gasteiger partial charge in [-0.15, -0.1) is 0 Å². The van der Waals surface area contributed by atoms with Crippen molar-refractivity contribution in [1.29, 1.82) is 0 Å². The normalized spacial score (nSPS) is 13.9. The fraction of sp³-hybridized carbons (Fsp3) is 0.182. The Morgan fingerprint density at radius 3 is 2.93 bits per heavy atom. The summed E-state index contributed by atoms with van der Waals surface area (Å²) < 4.78 is 18.5. The Morgan fingerprint density at radius 2 is 2.27 bits per heavy atom. The molecule has 0 unspecified atom stereocenters. The van der Waals surface area contributed by atoms with Crippen LogP contribution in [0.3, 0.4) is 0 Å². The summed E-state index contributed by atoms with van der Waals surface area (Å²) in [5.74, 6) is -0.948. The second-order valence-electron chi connectivity index (χ2n) is 3.48. The van der Waals surface area contributed by atoms with Crippen LogP contribution in [0.2, 0.25) is 0 Å². The average molecular weight is 207 g/mol. The lowest BCUT2D eigenvalue weighted by atomic mass is 10.0. The highest BCUT2D eigenvalue weighted by Gasteiger charge is 2.19. The quantitative estimate of drug-likeness (QED) is 0.762. The van der Waals surface area contributed by atoms with E-state index in [1.807, 2.05) is 6.92 Å². The standard InChI is InChI=1S/C11H10FNO2/c1-6-4-8-7(11(13)14)2-3-9(12)10(8)15-5-6/h2-4H,5H2,1H3,(H2,13,14). The molecule has 78 valence electrons. The van der Waals surface area contributed by atoms with Gasteiger partial charge in [0.15, 0.2) is 11.6 Å². The lowest BCUT2D eigenvalue weighted by Gasteiger charge is -2.18. The molecule has 0 radical (unpaired) electrons. The van der Waals surface area contributed by atoms with Crippen molar-refractivity contribution in [2.75, 3.05) is 6.61 Å². The molecule has 0 saturated carbocycles. The monoisotopic (exact) mass is 207 g/mol. The zero-order valence-electron chi connectivity index (χ0n) is 8.21. The number of fused-ring (bicyclic) bond motifs is 1. The van der Waals surface area contributed by atoms with E-state index in [-0.39, 0.29) is 11.3 Å². The van der Waals surface area contributed by atoms with Gasteiger partial charge in [-0.2, -0.15) is 0 Å². The van der Waals surface area contributed by atoms with Crippen molar-refractivity contribution in [3.63, 3.8) is 0 Å². The molecule has 0 aliphatic carbocycles. The molecular formula is C11H10FNO2. The molecule has 1 aliphatic heterocycles. The van der Waals surface area contributed by atoms with Crippen molar-refractivity contribution in [1.82, 2.24) is 0 Å². The third-order valence-electron chi connectivity index (χ3n) is 2.25. The van der Waals surface area contributed by atoms with Gasteiger partial charge in [0.1, 0.15) is 6.61 Å². The Kier molecular flexibility index (Phi) is 2.19. The molecule has 1 amide bonds. The highest BCUT2D eigenvalue weighted by atomic mass is 19.1. The van der Waals surface area contributed by atoms with Crippen LogP contribution >= 0.6 is 0 Å². The van der Waals surface area contributed by atoms with Gasteiger partial charge < -0.3 is 10.5 Å². The van der Waals surface area contributed by atoms with Crippen LogP contribution in [0.4, 0.5) is 4.39 Å². The molecule has 0 aromatic heterocycles. The number of primary amides is 1. The molecule has 1 heterocycles. The predicted molar refractivity (Wildman–Crippen MR) is 54.1 cm³/mol. The maximum atomic E-state index is 13.3. The van der Waals surface area contributed by atoms with Crippen molar-refractivity contribution in [2.24, 2.45) is 5.73 Å². The van der Waals surface area contributed by atoms with Crippen molar-refractivity contribution in [3.05, 3.63) is 34.6 Å². The molecule has 1 aromatic carbocycles. The second kappa shape index (κ2) is 3.38. The van der Waals surface area contributed by atoms with E-state index in [0.29, 0.717) is 12.2 Å². The minimum atomic E-state index is -0.583. The molecule has 0 atom stereocenters. The van der Waals surface area contributed by atoms with E-state index >= 15 is 0 Å². The van der Waals surface area contributed by atoms with Crippen LogP contribution in [0.15, 0.2) is 17.7 Å². The summed E-state index contributed by atoms with van der Waals surface area (Å²) >= 11 is 0. The van der Waals surface area contributed by atoms with Crippen LogP contribution in [0, 0.1) is 5.82 Å².